The number of aromatic nitrogens is 6. The molecule has 510 valence electrons. The molecule has 28 heteroatoms. The van der Waals surface area contributed by atoms with Gasteiger partial charge in [-0.25, -0.2) is 28.4 Å². The maximum atomic E-state index is 13.4. The molecule has 3 aliphatic heterocycles. The van der Waals surface area contributed by atoms with Crippen molar-refractivity contribution in [3.05, 3.63) is 211 Å². The number of nitrogens with zero attached hydrogens (tertiary/aromatic N) is 9. The Morgan fingerprint density at radius 2 is 0.781 bits per heavy atom. The first kappa shape index (κ1) is 71.7. The average Bonchev–Trinajstić information content (AvgIpc) is 1.63. The highest BCUT2D eigenvalue weighted by molar-refractivity contribution is 6.02. The molecule has 8 aromatic rings. The molecule has 3 aromatic heterocycles. The number of aryl methyl sites for hydroxylation is 3. The summed E-state index contributed by atoms with van der Waals surface area (Å²) in [5, 5.41) is 37.9. The standard InChI is InChI=1S/C26H27F3N4O3.C25H25F3N4O3.C16H16F3N3O2.CH4/c1-4-21-22(23(34)30-16(2)18-8-10-19(11-9-18)25(35)36-3)24-32(12-13-33(24)31-21)15-17-6-5-7-20(14-17)26(27,28)29;1-3-20-21(22(33)29-15(2)17-7-9-18(10-8-17)24(34)35)23-31(11-12-32(23)30-20)14-16-5-4-6-19(13-16)25(26,27)28;1-2-12-13(15(23)24)14-21(6-7-22(14)20-12)9-10-4-3-5-11(8-10)16(17,18)19;/h5-11,14,16H,4,12-13,15H2,1-3H3,(H,30,34);4-10,13,15H,3,11-12,14H2,1-2H3,(H,29,33)(H,34,35);3-5,8H,2,6-7,9H2,1H3,(H,23,24);1H4/t16-;15-;;/m00../s1. The van der Waals surface area contributed by atoms with Crippen LogP contribution in [0.1, 0.15) is 168 Å². The highest BCUT2D eigenvalue weighted by Crippen LogP contribution is 2.38. The number of anilines is 3. The number of hydrogen-bond acceptors (Lipinski definition) is 12. The molecule has 0 aliphatic carbocycles. The van der Waals surface area contributed by atoms with Crippen molar-refractivity contribution in [2.45, 2.75) is 131 Å². The third-order valence-electron chi connectivity index (χ3n) is 16.4. The summed E-state index contributed by atoms with van der Waals surface area (Å²) in [4.78, 5) is 66.6. The van der Waals surface area contributed by atoms with Gasteiger partial charge < -0.3 is 40.3 Å². The first-order valence-electron chi connectivity index (χ1n) is 30.4. The van der Waals surface area contributed by atoms with Crippen LogP contribution in [0, 0.1) is 0 Å². The smallest absolute Gasteiger partial charge is 0.416 e. The number of carbonyl (C=O) groups is 5. The zero-order valence-corrected chi connectivity index (χ0v) is 52.5. The molecular weight excluding hydrogens is 1270 g/mol. The van der Waals surface area contributed by atoms with E-state index in [0.29, 0.717) is 126 Å². The number of amides is 2. The van der Waals surface area contributed by atoms with Crippen LogP contribution in [-0.2, 0) is 81.8 Å². The van der Waals surface area contributed by atoms with Gasteiger partial charge in [0, 0.05) is 39.3 Å². The molecule has 0 unspecified atom stereocenters. The zero-order valence-electron chi connectivity index (χ0n) is 52.5. The van der Waals surface area contributed by atoms with Crippen LogP contribution in [0.2, 0.25) is 0 Å². The Bertz CT molecular complexity index is 4120. The number of nitrogens with one attached hydrogen (secondary N) is 2. The number of benzene rings is 5. The summed E-state index contributed by atoms with van der Waals surface area (Å²) in [6.07, 6.45) is -11.7. The number of aromatic carboxylic acids is 2. The van der Waals surface area contributed by atoms with E-state index in [-0.39, 0.29) is 56.0 Å². The van der Waals surface area contributed by atoms with Crippen molar-refractivity contribution in [3.8, 4) is 0 Å². The second-order valence-corrected chi connectivity index (χ2v) is 22.8. The number of hydrogen-bond donors (Lipinski definition) is 4. The van der Waals surface area contributed by atoms with Crippen molar-refractivity contribution >= 4 is 47.2 Å². The number of esters is 1. The fourth-order valence-electron chi connectivity index (χ4n) is 11.6. The van der Waals surface area contributed by atoms with E-state index in [9.17, 15) is 68.6 Å². The van der Waals surface area contributed by atoms with E-state index < -0.39 is 59.2 Å². The van der Waals surface area contributed by atoms with Gasteiger partial charge >= 0.3 is 36.4 Å². The maximum Gasteiger partial charge on any atom is 0.416 e. The molecule has 0 saturated carbocycles. The second kappa shape index (κ2) is 29.6. The van der Waals surface area contributed by atoms with Crippen LogP contribution in [0.5, 0.6) is 0 Å². The molecule has 3 aliphatic rings. The van der Waals surface area contributed by atoms with Crippen LogP contribution >= 0.6 is 0 Å². The molecule has 6 heterocycles. The first-order valence-corrected chi connectivity index (χ1v) is 30.4. The number of halogens is 9. The van der Waals surface area contributed by atoms with Gasteiger partial charge in [-0.05, 0) is 122 Å². The number of rotatable bonds is 18. The highest BCUT2D eigenvalue weighted by atomic mass is 19.4. The SMILES string of the molecule is C.CCc1nn2c(c1C(=O)N[C@@H](C)c1ccc(C(=O)O)cc1)N(Cc1cccc(C(F)(F)F)c1)CC2.CCc1nn2c(c1C(=O)N[C@@H](C)c1ccc(C(=O)OC)cc1)N(Cc1cccc(C(F)(F)F)c1)CC2.CCc1nn2c(c1C(=O)O)N(Cc1cccc(C(F)(F)F)c1)CC2. The van der Waals surface area contributed by atoms with Crippen LogP contribution in [0.4, 0.5) is 57.0 Å². The lowest BCUT2D eigenvalue weighted by atomic mass is 10.0. The van der Waals surface area contributed by atoms with E-state index in [1.165, 1.54) is 37.4 Å². The van der Waals surface area contributed by atoms with Gasteiger partial charge in [0.2, 0.25) is 0 Å². The Morgan fingerprint density at radius 1 is 0.469 bits per heavy atom. The van der Waals surface area contributed by atoms with E-state index in [2.05, 4.69) is 25.9 Å². The fourth-order valence-corrected chi connectivity index (χ4v) is 11.6. The van der Waals surface area contributed by atoms with Gasteiger partial charge in [-0.15, -0.1) is 0 Å². The Balaban J connectivity index is 0.000000187. The van der Waals surface area contributed by atoms with Gasteiger partial charge in [0.25, 0.3) is 11.8 Å². The Morgan fingerprint density at radius 3 is 1.07 bits per heavy atom. The second-order valence-electron chi connectivity index (χ2n) is 22.8. The molecule has 2 amide bonds. The molecule has 4 N–H and O–H groups in total. The largest absolute Gasteiger partial charge is 0.478 e. The normalized spacial score (nSPS) is 13.8. The van der Waals surface area contributed by atoms with Gasteiger partial charge in [-0.2, -0.15) is 54.8 Å². The van der Waals surface area contributed by atoms with E-state index in [1.54, 1.807) is 80.5 Å². The minimum absolute atomic E-state index is 0. The van der Waals surface area contributed by atoms with E-state index in [0.717, 1.165) is 47.5 Å². The van der Waals surface area contributed by atoms with Crippen LogP contribution < -0.4 is 25.3 Å². The fraction of sp³-hybridized carbons (Fsp3) is 0.353. The molecule has 0 saturated heterocycles. The summed E-state index contributed by atoms with van der Waals surface area (Å²) in [7, 11) is 1.31. The number of fused-ring (bicyclic) bond motifs is 3. The molecule has 0 spiro atoms. The summed E-state index contributed by atoms with van der Waals surface area (Å²) < 4.78 is 127. The minimum atomic E-state index is -4.43. The van der Waals surface area contributed by atoms with Crippen molar-refractivity contribution in [2.24, 2.45) is 0 Å². The molecule has 2 atom stereocenters. The number of carboxylic acids is 2. The molecule has 96 heavy (non-hydrogen) atoms. The van der Waals surface area contributed by atoms with Crippen LogP contribution in [0.25, 0.3) is 0 Å². The summed E-state index contributed by atoms with van der Waals surface area (Å²) in [6.45, 7) is 13.1. The average molecular weight is 1340 g/mol. The Hall–Kier alpha value is -10.2. The summed E-state index contributed by atoms with van der Waals surface area (Å²) in [5.74, 6) is -1.53. The lowest BCUT2D eigenvalue weighted by Crippen LogP contribution is -2.30. The quantitative estimate of drug-likeness (QED) is 0.0464. The zero-order chi connectivity index (χ0) is 68.8. The van der Waals surface area contributed by atoms with Gasteiger partial charge in [0.05, 0.1) is 83.7 Å². The Kier molecular flexibility index (Phi) is 22.1. The lowest BCUT2D eigenvalue weighted by molar-refractivity contribution is -0.138. The molecule has 5 aromatic carbocycles. The van der Waals surface area contributed by atoms with Crippen molar-refractivity contribution < 1.29 is 78.4 Å². The van der Waals surface area contributed by atoms with E-state index in [1.807, 2.05) is 37.5 Å². The number of carboxylic acid groups (broad SMARTS) is 2. The van der Waals surface area contributed by atoms with Crippen LogP contribution in [0.3, 0.4) is 0 Å². The van der Waals surface area contributed by atoms with Crippen molar-refractivity contribution in [3.63, 3.8) is 0 Å². The third kappa shape index (κ3) is 16.1. The predicted molar refractivity (Wildman–Crippen MR) is 339 cm³/mol. The molecule has 0 bridgehead atoms. The number of methoxy groups -OCH3 is 1. The monoisotopic (exact) mass is 1340 g/mol. The topological polar surface area (TPSA) is 222 Å². The van der Waals surface area contributed by atoms with Gasteiger partial charge in [0.15, 0.2) is 0 Å². The molecule has 19 nitrogen and oxygen atoms in total. The van der Waals surface area contributed by atoms with Gasteiger partial charge in [0.1, 0.15) is 34.1 Å². The predicted octanol–water partition coefficient (Wildman–Crippen LogP) is 13.3. The number of alkyl halides is 9. The van der Waals surface area contributed by atoms with Gasteiger partial charge in [-0.3, -0.25) is 9.59 Å². The maximum absolute atomic E-state index is 13.4. The minimum Gasteiger partial charge on any atom is -0.478 e. The van der Waals surface area contributed by atoms with Gasteiger partial charge in [-0.1, -0.05) is 88.9 Å². The van der Waals surface area contributed by atoms with Crippen LogP contribution in [-0.4, -0.2) is 96.0 Å². The molecule has 11 rings (SSSR count). The number of carbonyl (C=O) groups excluding carboxylic acids is 3. The summed E-state index contributed by atoms with van der Waals surface area (Å²) in [6, 6.07) is 27.8. The molecule has 0 radical (unpaired) electrons. The molecular formula is C68H72F9N11O8. The summed E-state index contributed by atoms with van der Waals surface area (Å²) >= 11 is 0. The van der Waals surface area contributed by atoms with E-state index in [4.69, 9.17) is 9.84 Å². The van der Waals surface area contributed by atoms with Crippen molar-refractivity contribution in [1.29, 1.82) is 0 Å². The third-order valence-corrected chi connectivity index (χ3v) is 16.4. The summed E-state index contributed by atoms with van der Waals surface area (Å²) in [5.41, 5.74) is 4.17. The first-order chi connectivity index (χ1) is 45.0. The Labute approximate surface area is 547 Å². The van der Waals surface area contributed by atoms with Crippen molar-refractivity contribution in [1.82, 2.24) is 40.0 Å². The van der Waals surface area contributed by atoms with Crippen LogP contribution in [0.15, 0.2) is 121 Å². The molecule has 0 fully saturated rings. The van der Waals surface area contributed by atoms with E-state index >= 15 is 0 Å². The number of ether oxygens (including phenoxy) is 1. The highest BCUT2D eigenvalue weighted by Gasteiger charge is 2.37. The lowest BCUT2D eigenvalue weighted by Gasteiger charge is -2.21. The van der Waals surface area contributed by atoms with Crippen molar-refractivity contribution in [2.75, 3.05) is 41.4 Å².